The Kier molecular flexibility index (Phi) is 4.10. The lowest BCUT2D eigenvalue weighted by molar-refractivity contribution is -0.137. The number of aliphatic carboxylic acids is 1. The van der Waals surface area contributed by atoms with Crippen molar-refractivity contribution in [2.45, 2.75) is 25.7 Å². The maximum atomic E-state index is 11.2. The zero-order chi connectivity index (χ0) is 11.5. The largest absolute Gasteiger partial charge is 0.481 e. The maximum absolute atomic E-state index is 11.2. The highest BCUT2D eigenvalue weighted by molar-refractivity contribution is 7.88. The molecule has 1 aliphatic rings. The van der Waals surface area contributed by atoms with E-state index < -0.39 is 16.0 Å². The molecule has 0 aliphatic carbocycles. The Morgan fingerprint density at radius 3 is 2.33 bits per heavy atom. The SMILES string of the molecule is CS(=O)(=O)N1CCC(CCC(=O)O)CC1. The fourth-order valence-electron chi connectivity index (χ4n) is 1.86. The summed E-state index contributed by atoms with van der Waals surface area (Å²) in [6.07, 6.45) is 3.61. The summed E-state index contributed by atoms with van der Waals surface area (Å²) in [4.78, 5) is 10.4. The Morgan fingerprint density at radius 2 is 1.93 bits per heavy atom. The molecule has 0 amide bonds. The van der Waals surface area contributed by atoms with Crippen LogP contribution in [0.15, 0.2) is 0 Å². The quantitative estimate of drug-likeness (QED) is 0.771. The third-order valence-electron chi connectivity index (χ3n) is 2.81. The summed E-state index contributed by atoms with van der Waals surface area (Å²) >= 11 is 0. The van der Waals surface area contributed by atoms with Crippen molar-refractivity contribution in [2.24, 2.45) is 5.92 Å². The Bertz CT molecular complexity index is 317. The number of carboxylic acids is 1. The van der Waals surface area contributed by atoms with Crippen molar-refractivity contribution in [3.8, 4) is 0 Å². The lowest BCUT2D eigenvalue weighted by Crippen LogP contribution is -2.37. The van der Waals surface area contributed by atoms with E-state index >= 15 is 0 Å². The van der Waals surface area contributed by atoms with Crippen LogP contribution >= 0.6 is 0 Å². The first kappa shape index (κ1) is 12.4. The van der Waals surface area contributed by atoms with Gasteiger partial charge in [-0.25, -0.2) is 12.7 Å². The molecular weight excluding hydrogens is 218 g/mol. The van der Waals surface area contributed by atoms with Gasteiger partial charge in [0.25, 0.3) is 0 Å². The highest BCUT2D eigenvalue weighted by Crippen LogP contribution is 2.22. The van der Waals surface area contributed by atoms with Gasteiger partial charge in [-0.2, -0.15) is 0 Å². The van der Waals surface area contributed by atoms with Gasteiger partial charge in [0.2, 0.25) is 10.0 Å². The molecule has 0 radical (unpaired) electrons. The highest BCUT2D eigenvalue weighted by atomic mass is 32.2. The third kappa shape index (κ3) is 4.17. The second kappa shape index (κ2) is 4.94. The minimum atomic E-state index is -3.06. The lowest BCUT2D eigenvalue weighted by atomic mass is 9.93. The van der Waals surface area contributed by atoms with Gasteiger partial charge in [-0.15, -0.1) is 0 Å². The molecule has 0 bridgehead atoms. The van der Waals surface area contributed by atoms with Gasteiger partial charge in [-0.05, 0) is 25.2 Å². The number of hydrogen-bond acceptors (Lipinski definition) is 3. The predicted octanol–water partition coefficient (Wildman–Crippen LogP) is 0.523. The summed E-state index contributed by atoms with van der Waals surface area (Å²) in [7, 11) is -3.06. The number of carboxylic acid groups (broad SMARTS) is 1. The van der Waals surface area contributed by atoms with Gasteiger partial charge in [0.1, 0.15) is 0 Å². The monoisotopic (exact) mass is 235 g/mol. The molecule has 5 nitrogen and oxygen atoms in total. The first-order valence-electron chi connectivity index (χ1n) is 5.06. The van der Waals surface area contributed by atoms with Crippen LogP contribution in [-0.4, -0.2) is 43.1 Å². The van der Waals surface area contributed by atoms with Crippen LogP contribution in [0.3, 0.4) is 0 Å². The average Bonchev–Trinajstić information content (AvgIpc) is 2.14. The molecule has 0 aromatic heterocycles. The average molecular weight is 235 g/mol. The second-order valence-corrected chi connectivity index (χ2v) is 6.02. The van der Waals surface area contributed by atoms with E-state index in [1.165, 1.54) is 10.6 Å². The van der Waals surface area contributed by atoms with Crippen molar-refractivity contribution in [3.05, 3.63) is 0 Å². The van der Waals surface area contributed by atoms with Crippen LogP contribution < -0.4 is 0 Å². The molecule has 0 aromatic rings. The summed E-state index contributed by atoms with van der Waals surface area (Å²) in [5.41, 5.74) is 0. The number of sulfonamides is 1. The smallest absolute Gasteiger partial charge is 0.303 e. The summed E-state index contributed by atoms with van der Waals surface area (Å²) in [5, 5.41) is 8.52. The first-order valence-corrected chi connectivity index (χ1v) is 6.91. The van der Waals surface area contributed by atoms with Crippen molar-refractivity contribution in [2.75, 3.05) is 19.3 Å². The Labute approximate surface area is 90.1 Å². The number of hydrogen-bond donors (Lipinski definition) is 1. The van der Waals surface area contributed by atoms with E-state index in [1.54, 1.807) is 0 Å². The molecule has 0 spiro atoms. The van der Waals surface area contributed by atoms with Gasteiger partial charge < -0.3 is 5.11 Å². The zero-order valence-electron chi connectivity index (χ0n) is 8.85. The summed E-state index contributed by atoms with van der Waals surface area (Å²) in [6.45, 7) is 1.06. The Morgan fingerprint density at radius 1 is 1.40 bits per heavy atom. The van der Waals surface area contributed by atoms with Crippen molar-refractivity contribution in [1.29, 1.82) is 0 Å². The predicted molar refractivity (Wildman–Crippen MR) is 56.0 cm³/mol. The molecule has 1 saturated heterocycles. The van der Waals surface area contributed by atoms with E-state index in [9.17, 15) is 13.2 Å². The van der Waals surface area contributed by atoms with E-state index in [0.29, 0.717) is 25.4 Å². The molecule has 88 valence electrons. The fraction of sp³-hybridized carbons (Fsp3) is 0.889. The van der Waals surface area contributed by atoms with Gasteiger partial charge in [0.05, 0.1) is 6.26 Å². The molecule has 1 aliphatic heterocycles. The molecule has 0 unspecified atom stereocenters. The van der Waals surface area contributed by atoms with Crippen LogP contribution in [0, 0.1) is 5.92 Å². The van der Waals surface area contributed by atoms with E-state index in [1.807, 2.05) is 0 Å². The number of nitrogens with zero attached hydrogens (tertiary/aromatic N) is 1. The normalized spacial score (nSPS) is 20.3. The van der Waals surface area contributed by atoms with Crippen LogP contribution in [0.25, 0.3) is 0 Å². The van der Waals surface area contributed by atoms with Crippen molar-refractivity contribution >= 4 is 16.0 Å². The standard InChI is InChI=1S/C9H17NO4S/c1-15(13,14)10-6-4-8(5-7-10)2-3-9(11)12/h8H,2-7H2,1H3,(H,11,12). The minimum Gasteiger partial charge on any atom is -0.481 e. The summed E-state index contributed by atoms with van der Waals surface area (Å²) in [6, 6.07) is 0. The van der Waals surface area contributed by atoms with Crippen molar-refractivity contribution < 1.29 is 18.3 Å². The van der Waals surface area contributed by atoms with E-state index in [-0.39, 0.29) is 6.42 Å². The third-order valence-corrected chi connectivity index (χ3v) is 4.11. The number of rotatable bonds is 4. The molecular formula is C9H17NO4S. The van der Waals surface area contributed by atoms with E-state index in [4.69, 9.17) is 5.11 Å². The topological polar surface area (TPSA) is 74.7 Å². The van der Waals surface area contributed by atoms with Crippen LogP contribution in [0.4, 0.5) is 0 Å². The van der Waals surface area contributed by atoms with Crippen molar-refractivity contribution in [1.82, 2.24) is 4.31 Å². The Balaban J connectivity index is 2.33. The van der Waals surface area contributed by atoms with Gasteiger partial charge in [0.15, 0.2) is 0 Å². The summed E-state index contributed by atoms with van der Waals surface area (Å²) < 4.78 is 23.8. The summed E-state index contributed by atoms with van der Waals surface area (Å²) in [5.74, 6) is -0.417. The molecule has 1 heterocycles. The second-order valence-electron chi connectivity index (χ2n) is 4.04. The van der Waals surface area contributed by atoms with Gasteiger partial charge in [-0.3, -0.25) is 4.79 Å². The van der Waals surface area contributed by atoms with E-state index in [0.717, 1.165) is 12.8 Å². The van der Waals surface area contributed by atoms with Crippen LogP contribution in [0.1, 0.15) is 25.7 Å². The molecule has 0 atom stereocenters. The van der Waals surface area contributed by atoms with Crippen LogP contribution in [0.2, 0.25) is 0 Å². The molecule has 1 fully saturated rings. The maximum Gasteiger partial charge on any atom is 0.303 e. The fourth-order valence-corrected chi connectivity index (χ4v) is 2.73. The molecule has 0 saturated carbocycles. The van der Waals surface area contributed by atoms with Crippen LogP contribution in [-0.2, 0) is 14.8 Å². The molecule has 1 N–H and O–H groups in total. The van der Waals surface area contributed by atoms with E-state index in [2.05, 4.69) is 0 Å². The van der Waals surface area contributed by atoms with Gasteiger partial charge in [-0.1, -0.05) is 0 Å². The lowest BCUT2D eigenvalue weighted by Gasteiger charge is -2.29. The number of piperidine rings is 1. The molecule has 0 aromatic carbocycles. The Hall–Kier alpha value is -0.620. The van der Waals surface area contributed by atoms with Gasteiger partial charge >= 0.3 is 5.97 Å². The van der Waals surface area contributed by atoms with Crippen LogP contribution in [0.5, 0.6) is 0 Å². The number of carbonyl (C=O) groups is 1. The minimum absolute atomic E-state index is 0.184. The molecule has 15 heavy (non-hydrogen) atoms. The zero-order valence-corrected chi connectivity index (χ0v) is 9.66. The van der Waals surface area contributed by atoms with Crippen molar-refractivity contribution in [3.63, 3.8) is 0 Å². The first-order chi connectivity index (χ1) is 6.89. The highest BCUT2D eigenvalue weighted by Gasteiger charge is 2.24. The molecule has 1 rings (SSSR count). The molecule has 6 heteroatoms. The van der Waals surface area contributed by atoms with Gasteiger partial charge in [0, 0.05) is 19.5 Å².